The molecule has 2 aromatic carbocycles. The van der Waals surface area contributed by atoms with Crippen LogP contribution in [0.4, 0.5) is 0 Å². The van der Waals surface area contributed by atoms with Crippen LogP contribution in [-0.4, -0.2) is 25.5 Å². The average molecular weight is 334 g/mol. The van der Waals surface area contributed by atoms with Crippen LogP contribution in [-0.2, 0) is 0 Å². The number of hydrogen-bond acceptors (Lipinski definition) is 2. The van der Waals surface area contributed by atoms with Gasteiger partial charge in [0.1, 0.15) is 11.9 Å². The highest BCUT2D eigenvalue weighted by molar-refractivity contribution is 9.10. The first-order valence-electron chi connectivity index (χ1n) is 6.77. The first-order chi connectivity index (χ1) is 9.65. The molecule has 0 heterocycles. The van der Waals surface area contributed by atoms with Gasteiger partial charge in [-0.15, -0.1) is 0 Å². The maximum Gasteiger partial charge on any atom is 0.125 e. The lowest BCUT2D eigenvalue weighted by Crippen LogP contribution is -2.18. The Bertz CT molecular complexity index is 510. The molecule has 2 rings (SSSR count). The Morgan fingerprint density at radius 2 is 1.65 bits per heavy atom. The molecule has 1 atom stereocenters. The molecule has 1 unspecified atom stereocenters. The third-order valence-corrected chi connectivity index (χ3v) is 3.63. The zero-order valence-electron chi connectivity index (χ0n) is 11.9. The van der Waals surface area contributed by atoms with E-state index in [9.17, 15) is 0 Å². The molecule has 2 nitrogen and oxygen atoms in total. The highest BCUT2D eigenvalue weighted by atomic mass is 79.9. The second kappa shape index (κ2) is 7.46. The van der Waals surface area contributed by atoms with Crippen molar-refractivity contribution in [3.63, 3.8) is 0 Å². The number of ether oxygens (including phenoxy) is 1. The molecule has 0 radical (unpaired) electrons. The molecule has 0 aromatic heterocycles. The van der Waals surface area contributed by atoms with Crippen molar-refractivity contribution in [2.45, 2.75) is 12.5 Å². The normalized spacial score (nSPS) is 12.4. The van der Waals surface area contributed by atoms with Gasteiger partial charge in [-0.1, -0.05) is 46.3 Å². The van der Waals surface area contributed by atoms with Gasteiger partial charge in [0.15, 0.2) is 0 Å². The summed E-state index contributed by atoms with van der Waals surface area (Å²) in [7, 11) is 4.17. The van der Waals surface area contributed by atoms with Crippen LogP contribution < -0.4 is 4.74 Å². The van der Waals surface area contributed by atoms with E-state index in [1.807, 2.05) is 30.3 Å². The van der Waals surface area contributed by atoms with Gasteiger partial charge in [0.2, 0.25) is 0 Å². The van der Waals surface area contributed by atoms with Crippen LogP contribution in [0.2, 0.25) is 0 Å². The zero-order chi connectivity index (χ0) is 14.4. The van der Waals surface area contributed by atoms with Crippen molar-refractivity contribution in [1.82, 2.24) is 4.90 Å². The van der Waals surface area contributed by atoms with E-state index in [0.29, 0.717) is 0 Å². The topological polar surface area (TPSA) is 12.5 Å². The van der Waals surface area contributed by atoms with Crippen LogP contribution in [0.25, 0.3) is 0 Å². The van der Waals surface area contributed by atoms with Crippen LogP contribution in [0.3, 0.4) is 0 Å². The van der Waals surface area contributed by atoms with Crippen LogP contribution >= 0.6 is 15.9 Å². The Kier molecular flexibility index (Phi) is 5.62. The number of halogens is 1. The number of hydrogen-bond donors (Lipinski definition) is 0. The fraction of sp³-hybridized carbons (Fsp3) is 0.294. The second-order valence-corrected chi connectivity index (χ2v) is 5.98. The molecule has 0 aliphatic heterocycles. The van der Waals surface area contributed by atoms with Gasteiger partial charge in [0.05, 0.1) is 0 Å². The monoisotopic (exact) mass is 333 g/mol. The molecular formula is C17H20BrNO. The molecule has 2 aromatic rings. The second-order valence-electron chi connectivity index (χ2n) is 5.06. The highest BCUT2D eigenvalue weighted by Gasteiger charge is 2.13. The lowest BCUT2D eigenvalue weighted by molar-refractivity contribution is 0.179. The number of nitrogens with zero attached hydrogens (tertiary/aromatic N) is 1. The predicted octanol–water partition coefficient (Wildman–Crippen LogP) is 4.52. The van der Waals surface area contributed by atoms with E-state index >= 15 is 0 Å². The van der Waals surface area contributed by atoms with E-state index in [2.05, 4.69) is 59.2 Å². The first-order valence-corrected chi connectivity index (χ1v) is 7.56. The molecule has 0 N–H and O–H groups in total. The third-order valence-electron chi connectivity index (χ3n) is 3.10. The number of benzene rings is 2. The first kappa shape index (κ1) is 15.1. The Morgan fingerprint density at radius 3 is 2.25 bits per heavy atom. The molecule has 0 aliphatic carbocycles. The SMILES string of the molecule is CN(C)CCC(Oc1ccc(Br)cc1)c1ccccc1. The minimum Gasteiger partial charge on any atom is -0.486 e. The molecule has 0 aliphatic rings. The van der Waals surface area contributed by atoms with Crippen molar-refractivity contribution >= 4 is 15.9 Å². The molecule has 20 heavy (non-hydrogen) atoms. The van der Waals surface area contributed by atoms with Gasteiger partial charge >= 0.3 is 0 Å². The summed E-state index contributed by atoms with van der Waals surface area (Å²) in [4.78, 5) is 2.18. The minimum atomic E-state index is 0.0831. The molecule has 3 heteroatoms. The zero-order valence-corrected chi connectivity index (χ0v) is 13.5. The summed E-state index contributed by atoms with van der Waals surface area (Å²) in [5.74, 6) is 0.904. The van der Waals surface area contributed by atoms with Crippen molar-refractivity contribution in [3.8, 4) is 5.75 Å². The molecule has 0 saturated heterocycles. The Morgan fingerprint density at radius 1 is 1.00 bits per heavy atom. The standard InChI is InChI=1S/C17H20BrNO/c1-19(2)13-12-17(14-6-4-3-5-7-14)20-16-10-8-15(18)9-11-16/h3-11,17H,12-13H2,1-2H3. The van der Waals surface area contributed by atoms with E-state index in [-0.39, 0.29) is 6.10 Å². The summed E-state index contributed by atoms with van der Waals surface area (Å²) >= 11 is 3.44. The molecular weight excluding hydrogens is 314 g/mol. The Hall–Kier alpha value is -1.32. The smallest absolute Gasteiger partial charge is 0.125 e. The fourth-order valence-electron chi connectivity index (χ4n) is 2.01. The summed E-state index contributed by atoms with van der Waals surface area (Å²) in [6.45, 7) is 0.996. The van der Waals surface area contributed by atoms with E-state index in [4.69, 9.17) is 4.74 Å². The summed E-state index contributed by atoms with van der Waals surface area (Å²) in [6, 6.07) is 18.4. The summed E-state index contributed by atoms with van der Waals surface area (Å²) in [5.41, 5.74) is 1.22. The van der Waals surface area contributed by atoms with Crippen molar-refractivity contribution in [2.24, 2.45) is 0 Å². The Balaban J connectivity index is 2.12. The van der Waals surface area contributed by atoms with Gasteiger partial charge in [-0.05, 0) is 43.9 Å². The lowest BCUT2D eigenvalue weighted by atomic mass is 10.1. The van der Waals surface area contributed by atoms with Crippen LogP contribution in [0.15, 0.2) is 59.1 Å². The van der Waals surface area contributed by atoms with Crippen molar-refractivity contribution in [1.29, 1.82) is 0 Å². The number of rotatable bonds is 6. The maximum atomic E-state index is 6.16. The van der Waals surface area contributed by atoms with Gasteiger partial charge in [-0.3, -0.25) is 0 Å². The molecule has 106 valence electrons. The Labute approximate surface area is 129 Å². The molecule has 0 spiro atoms. The molecule has 0 fully saturated rings. The van der Waals surface area contributed by atoms with Gasteiger partial charge in [-0.25, -0.2) is 0 Å². The van der Waals surface area contributed by atoms with Gasteiger partial charge in [0.25, 0.3) is 0 Å². The summed E-state index contributed by atoms with van der Waals surface area (Å²) in [6.07, 6.45) is 1.05. The maximum absolute atomic E-state index is 6.16. The largest absolute Gasteiger partial charge is 0.486 e. The van der Waals surface area contributed by atoms with Crippen molar-refractivity contribution in [3.05, 3.63) is 64.6 Å². The van der Waals surface area contributed by atoms with Gasteiger partial charge < -0.3 is 9.64 Å². The predicted molar refractivity (Wildman–Crippen MR) is 87.1 cm³/mol. The van der Waals surface area contributed by atoms with Crippen LogP contribution in [0, 0.1) is 0 Å². The van der Waals surface area contributed by atoms with E-state index in [1.54, 1.807) is 0 Å². The molecule has 0 bridgehead atoms. The average Bonchev–Trinajstić information content (AvgIpc) is 2.46. The summed E-state index contributed by atoms with van der Waals surface area (Å²) < 4.78 is 7.22. The van der Waals surface area contributed by atoms with Crippen LogP contribution in [0.5, 0.6) is 5.75 Å². The van der Waals surface area contributed by atoms with Crippen molar-refractivity contribution < 1.29 is 4.74 Å². The van der Waals surface area contributed by atoms with Gasteiger partial charge in [-0.2, -0.15) is 0 Å². The molecule has 0 saturated carbocycles. The van der Waals surface area contributed by atoms with Crippen molar-refractivity contribution in [2.75, 3.05) is 20.6 Å². The third kappa shape index (κ3) is 4.66. The van der Waals surface area contributed by atoms with E-state index in [0.717, 1.165) is 23.2 Å². The minimum absolute atomic E-state index is 0.0831. The highest BCUT2D eigenvalue weighted by Crippen LogP contribution is 2.26. The quantitative estimate of drug-likeness (QED) is 0.770. The lowest BCUT2D eigenvalue weighted by Gasteiger charge is -2.21. The fourth-order valence-corrected chi connectivity index (χ4v) is 2.28. The summed E-state index contributed by atoms with van der Waals surface area (Å²) in [5, 5.41) is 0. The molecule has 0 amide bonds. The van der Waals surface area contributed by atoms with Gasteiger partial charge in [0, 0.05) is 17.4 Å². The van der Waals surface area contributed by atoms with E-state index < -0.39 is 0 Å². The van der Waals surface area contributed by atoms with Crippen LogP contribution in [0.1, 0.15) is 18.1 Å². The van der Waals surface area contributed by atoms with E-state index in [1.165, 1.54) is 5.56 Å².